The van der Waals surface area contributed by atoms with Crippen molar-refractivity contribution in [1.29, 1.82) is 0 Å². The molecular weight excluding hydrogens is 330 g/mol. The second-order valence-corrected chi connectivity index (χ2v) is 6.01. The van der Waals surface area contributed by atoms with Gasteiger partial charge in [-0.3, -0.25) is 9.36 Å². The Labute approximate surface area is 149 Å². The maximum absolute atomic E-state index is 11.5. The maximum Gasteiger partial charge on any atom is 0.248 e. The van der Waals surface area contributed by atoms with Crippen molar-refractivity contribution in [2.75, 3.05) is 0 Å². The molecule has 2 aromatic carbocycles. The predicted octanol–water partition coefficient (Wildman–Crippen LogP) is 2.26. The van der Waals surface area contributed by atoms with Crippen LogP contribution in [0.5, 0.6) is 0 Å². The van der Waals surface area contributed by atoms with E-state index in [1.807, 2.05) is 30.3 Å². The normalized spacial score (nSPS) is 12.3. The highest BCUT2D eigenvalue weighted by Gasteiger charge is 2.20. The zero-order chi connectivity index (χ0) is 18.1. The fourth-order valence-corrected chi connectivity index (χ4v) is 3.04. The quantitative estimate of drug-likeness (QED) is 0.514. The van der Waals surface area contributed by atoms with Gasteiger partial charge in [0, 0.05) is 12.0 Å². The highest BCUT2D eigenvalue weighted by Crippen LogP contribution is 2.28. The topological polar surface area (TPSA) is 110 Å². The van der Waals surface area contributed by atoms with Crippen molar-refractivity contribution in [1.82, 2.24) is 19.5 Å². The monoisotopic (exact) mass is 347 g/mol. The van der Waals surface area contributed by atoms with E-state index < -0.39 is 12.1 Å². The fourth-order valence-electron chi connectivity index (χ4n) is 3.04. The van der Waals surface area contributed by atoms with Gasteiger partial charge in [-0.1, -0.05) is 30.3 Å². The van der Waals surface area contributed by atoms with Crippen molar-refractivity contribution in [2.45, 2.75) is 12.6 Å². The van der Waals surface area contributed by atoms with Crippen molar-refractivity contribution in [3.8, 4) is 11.5 Å². The summed E-state index contributed by atoms with van der Waals surface area (Å²) in [5, 5.41) is 10.9. The lowest BCUT2D eigenvalue weighted by Crippen LogP contribution is -2.13. The maximum atomic E-state index is 11.5. The summed E-state index contributed by atoms with van der Waals surface area (Å²) in [6.45, 7) is 0. The van der Waals surface area contributed by atoms with Gasteiger partial charge in [-0.05, 0) is 23.8 Å². The summed E-state index contributed by atoms with van der Waals surface area (Å²) >= 11 is 0. The number of hydrogen-bond acceptors (Lipinski definition) is 4. The highest BCUT2D eigenvalue weighted by atomic mass is 16.3. The standard InChI is InChI=1S/C19H17N5O2/c20-18(26)13-6-7-16-14(9-13)23-19(15-10-21-11-22-15)24(16)17(25)8-12-4-2-1-3-5-12/h1-7,9-11,17,25H,8H2,(H2,20,26)(H,21,22). The number of H-pyrrole nitrogens is 1. The molecule has 4 aromatic rings. The zero-order valence-electron chi connectivity index (χ0n) is 13.8. The van der Waals surface area contributed by atoms with Crippen LogP contribution in [0.15, 0.2) is 61.1 Å². The number of hydrogen-bond donors (Lipinski definition) is 3. The van der Waals surface area contributed by atoms with Gasteiger partial charge in [0.25, 0.3) is 0 Å². The molecule has 7 heteroatoms. The smallest absolute Gasteiger partial charge is 0.248 e. The number of carbonyl (C=O) groups is 1. The van der Waals surface area contributed by atoms with Gasteiger partial charge in [-0.15, -0.1) is 0 Å². The lowest BCUT2D eigenvalue weighted by Gasteiger charge is -2.16. The summed E-state index contributed by atoms with van der Waals surface area (Å²) in [6, 6.07) is 14.7. The van der Waals surface area contributed by atoms with Crippen LogP contribution in [0.2, 0.25) is 0 Å². The molecule has 0 aliphatic rings. The number of nitrogens with two attached hydrogens (primary N) is 1. The van der Waals surface area contributed by atoms with E-state index >= 15 is 0 Å². The van der Waals surface area contributed by atoms with Crippen LogP contribution in [0.1, 0.15) is 22.1 Å². The number of imidazole rings is 2. The lowest BCUT2D eigenvalue weighted by atomic mass is 10.1. The Bertz CT molecular complexity index is 1050. The lowest BCUT2D eigenvalue weighted by molar-refractivity contribution is 0.100. The third kappa shape index (κ3) is 2.84. The Kier molecular flexibility index (Phi) is 3.98. The Morgan fingerprint density at radius 2 is 2.04 bits per heavy atom. The zero-order valence-corrected chi connectivity index (χ0v) is 13.8. The van der Waals surface area contributed by atoms with Gasteiger partial charge < -0.3 is 15.8 Å². The Morgan fingerprint density at radius 3 is 2.73 bits per heavy atom. The second-order valence-electron chi connectivity index (χ2n) is 6.01. The number of benzene rings is 2. The summed E-state index contributed by atoms with van der Waals surface area (Å²) in [4.78, 5) is 23.1. The van der Waals surface area contributed by atoms with E-state index in [1.165, 1.54) is 0 Å². The molecule has 0 bridgehead atoms. The molecule has 0 radical (unpaired) electrons. The molecule has 0 fully saturated rings. The van der Waals surface area contributed by atoms with Gasteiger partial charge in [0.05, 0.1) is 23.6 Å². The molecule has 2 heterocycles. The number of primary amides is 1. The number of nitrogens with one attached hydrogen (secondary N) is 1. The minimum atomic E-state index is -0.833. The van der Waals surface area contributed by atoms with Gasteiger partial charge in [0.2, 0.25) is 5.91 Å². The summed E-state index contributed by atoms with van der Waals surface area (Å²) in [6.07, 6.45) is 2.78. The summed E-state index contributed by atoms with van der Waals surface area (Å²) in [7, 11) is 0. The van der Waals surface area contributed by atoms with E-state index in [0.29, 0.717) is 34.5 Å². The second kappa shape index (κ2) is 6.45. The third-order valence-electron chi connectivity index (χ3n) is 4.27. The number of rotatable bonds is 5. The van der Waals surface area contributed by atoms with E-state index in [1.54, 1.807) is 35.3 Å². The molecule has 130 valence electrons. The number of amides is 1. The average molecular weight is 347 g/mol. The Morgan fingerprint density at radius 1 is 1.23 bits per heavy atom. The van der Waals surface area contributed by atoms with Gasteiger partial charge in [-0.25, -0.2) is 9.97 Å². The van der Waals surface area contributed by atoms with Crippen LogP contribution in [0.4, 0.5) is 0 Å². The average Bonchev–Trinajstić information content (AvgIpc) is 3.29. The van der Waals surface area contributed by atoms with Crippen molar-refractivity contribution >= 4 is 16.9 Å². The van der Waals surface area contributed by atoms with E-state index in [-0.39, 0.29) is 0 Å². The Balaban J connectivity index is 1.85. The molecule has 1 atom stereocenters. The largest absolute Gasteiger partial charge is 0.373 e. The van der Waals surface area contributed by atoms with Gasteiger partial charge in [0.15, 0.2) is 5.82 Å². The molecule has 4 N–H and O–H groups in total. The van der Waals surface area contributed by atoms with Crippen LogP contribution >= 0.6 is 0 Å². The number of carbonyl (C=O) groups excluding carboxylic acids is 1. The minimum absolute atomic E-state index is 0.371. The molecule has 0 saturated carbocycles. The van der Waals surface area contributed by atoms with Crippen LogP contribution in [-0.2, 0) is 6.42 Å². The Hall–Kier alpha value is -3.45. The molecule has 7 nitrogen and oxygen atoms in total. The van der Waals surface area contributed by atoms with Crippen molar-refractivity contribution in [3.63, 3.8) is 0 Å². The summed E-state index contributed by atoms with van der Waals surface area (Å²) in [5.74, 6) is 0.0249. The number of aliphatic hydroxyl groups excluding tert-OH is 1. The van der Waals surface area contributed by atoms with Gasteiger partial charge in [0.1, 0.15) is 11.9 Å². The highest BCUT2D eigenvalue weighted by molar-refractivity contribution is 5.96. The van der Waals surface area contributed by atoms with Gasteiger partial charge >= 0.3 is 0 Å². The first-order chi connectivity index (χ1) is 12.6. The summed E-state index contributed by atoms with van der Waals surface area (Å²) in [5.41, 5.74) is 8.71. The first kappa shape index (κ1) is 16.0. The van der Waals surface area contributed by atoms with Crippen molar-refractivity contribution in [3.05, 3.63) is 72.2 Å². The van der Waals surface area contributed by atoms with Crippen LogP contribution in [0.25, 0.3) is 22.6 Å². The van der Waals surface area contributed by atoms with E-state index in [2.05, 4.69) is 15.0 Å². The number of aromatic amines is 1. The van der Waals surface area contributed by atoms with Crippen molar-refractivity contribution < 1.29 is 9.90 Å². The first-order valence-electron chi connectivity index (χ1n) is 8.16. The number of nitrogens with zero attached hydrogens (tertiary/aromatic N) is 3. The molecule has 26 heavy (non-hydrogen) atoms. The number of fused-ring (bicyclic) bond motifs is 1. The fraction of sp³-hybridized carbons (Fsp3) is 0.105. The predicted molar refractivity (Wildman–Crippen MR) is 97.2 cm³/mol. The van der Waals surface area contributed by atoms with Crippen molar-refractivity contribution in [2.24, 2.45) is 5.73 Å². The van der Waals surface area contributed by atoms with Crippen LogP contribution in [-0.4, -0.2) is 30.5 Å². The molecule has 0 aliphatic carbocycles. The molecular formula is C19H17N5O2. The molecule has 0 saturated heterocycles. The SMILES string of the molecule is NC(=O)c1ccc2c(c1)nc(-c1cnc[nH]1)n2C(O)Cc1ccccc1. The van der Waals surface area contributed by atoms with Crippen LogP contribution < -0.4 is 5.73 Å². The molecule has 1 unspecified atom stereocenters. The van der Waals surface area contributed by atoms with Gasteiger partial charge in [-0.2, -0.15) is 0 Å². The molecule has 2 aromatic heterocycles. The van der Waals surface area contributed by atoms with Crippen LogP contribution in [0, 0.1) is 0 Å². The third-order valence-corrected chi connectivity index (χ3v) is 4.27. The minimum Gasteiger partial charge on any atom is -0.373 e. The van der Waals surface area contributed by atoms with E-state index in [0.717, 1.165) is 5.56 Å². The number of aliphatic hydroxyl groups is 1. The molecule has 4 rings (SSSR count). The van der Waals surface area contributed by atoms with E-state index in [9.17, 15) is 9.90 Å². The molecule has 0 aliphatic heterocycles. The first-order valence-corrected chi connectivity index (χ1v) is 8.16. The number of aromatic nitrogens is 4. The molecule has 1 amide bonds. The van der Waals surface area contributed by atoms with E-state index in [4.69, 9.17) is 5.73 Å². The molecule has 0 spiro atoms. The summed E-state index contributed by atoms with van der Waals surface area (Å²) < 4.78 is 1.74. The van der Waals surface area contributed by atoms with Crippen LogP contribution in [0.3, 0.4) is 0 Å².